The summed E-state index contributed by atoms with van der Waals surface area (Å²) in [6.45, 7) is 6.16. The van der Waals surface area contributed by atoms with E-state index in [1.807, 2.05) is 16.3 Å². The molecule has 1 aromatic heterocycles. The quantitative estimate of drug-likeness (QED) is 0.490. The summed E-state index contributed by atoms with van der Waals surface area (Å²) in [5.41, 5.74) is 1.03. The van der Waals surface area contributed by atoms with Gasteiger partial charge in [-0.15, -0.1) is 11.3 Å². The van der Waals surface area contributed by atoms with Gasteiger partial charge in [-0.3, -0.25) is 24.6 Å². The molecule has 33 heavy (non-hydrogen) atoms. The molecule has 4 rings (SSSR count). The monoisotopic (exact) mass is 471 g/mol. The van der Waals surface area contributed by atoms with Crippen molar-refractivity contribution in [2.75, 3.05) is 32.7 Å². The number of non-ortho nitro benzene ring substituents is 1. The van der Waals surface area contributed by atoms with E-state index in [9.17, 15) is 19.7 Å². The van der Waals surface area contributed by atoms with Crippen molar-refractivity contribution in [1.29, 1.82) is 0 Å². The lowest BCUT2D eigenvalue weighted by Gasteiger charge is -2.32. The van der Waals surface area contributed by atoms with Crippen molar-refractivity contribution in [3.63, 3.8) is 0 Å². The highest BCUT2D eigenvalue weighted by Gasteiger charge is 2.42. The number of nitrogens with one attached hydrogen (secondary N) is 1. The normalized spacial score (nSPS) is 20.9. The standard InChI is InChI=1S/C23H29N5O4S/c1-17(29)27-15-20(13-22(27)23(30)25-10-8-24-9-11-25)26(16-21-3-2-12-33-21)14-18-4-6-19(7-5-18)28(31)32/h2-7,12,20,22,24H,8-11,13-16H2,1H3. The number of piperazine rings is 1. The largest absolute Gasteiger partial charge is 0.338 e. The van der Waals surface area contributed by atoms with Gasteiger partial charge >= 0.3 is 0 Å². The maximum Gasteiger partial charge on any atom is 0.269 e. The molecule has 2 fully saturated rings. The third kappa shape index (κ3) is 5.58. The molecule has 9 nitrogen and oxygen atoms in total. The van der Waals surface area contributed by atoms with Crippen molar-refractivity contribution >= 4 is 28.8 Å². The van der Waals surface area contributed by atoms with Crippen LogP contribution in [0.5, 0.6) is 0 Å². The van der Waals surface area contributed by atoms with E-state index in [-0.39, 0.29) is 23.5 Å². The molecule has 2 unspecified atom stereocenters. The zero-order valence-corrected chi connectivity index (χ0v) is 19.5. The summed E-state index contributed by atoms with van der Waals surface area (Å²) >= 11 is 1.67. The number of hydrogen-bond donors (Lipinski definition) is 1. The maximum atomic E-state index is 13.3. The number of carbonyl (C=O) groups excluding carboxylic acids is 2. The lowest BCUT2D eigenvalue weighted by atomic mass is 10.1. The van der Waals surface area contributed by atoms with Crippen LogP contribution in [-0.2, 0) is 22.7 Å². The number of nitro groups is 1. The highest BCUT2D eigenvalue weighted by Crippen LogP contribution is 2.28. The minimum absolute atomic E-state index is 0.0167. The van der Waals surface area contributed by atoms with Gasteiger partial charge in [-0.05, 0) is 23.4 Å². The summed E-state index contributed by atoms with van der Waals surface area (Å²) < 4.78 is 0. The zero-order chi connectivity index (χ0) is 23.4. The molecule has 2 saturated heterocycles. The number of rotatable bonds is 7. The molecule has 0 radical (unpaired) electrons. The van der Waals surface area contributed by atoms with Crippen molar-refractivity contribution < 1.29 is 14.5 Å². The minimum Gasteiger partial charge on any atom is -0.338 e. The second-order valence-corrected chi connectivity index (χ2v) is 9.59. The molecule has 2 aromatic rings. The van der Waals surface area contributed by atoms with Crippen molar-refractivity contribution in [2.24, 2.45) is 0 Å². The Morgan fingerprint density at radius 2 is 1.91 bits per heavy atom. The molecular formula is C23H29N5O4S. The van der Waals surface area contributed by atoms with Crippen molar-refractivity contribution in [3.05, 3.63) is 62.3 Å². The number of hydrogen-bond acceptors (Lipinski definition) is 7. The van der Waals surface area contributed by atoms with E-state index in [4.69, 9.17) is 0 Å². The minimum atomic E-state index is -0.451. The number of nitrogens with zero attached hydrogens (tertiary/aromatic N) is 4. The Balaban J connectivity index is 1.54. The van der Waals surface area contributed by atoms with Crippen LogP contribution in [0.4, 0.5) is 5.69 Å². The Morgan fingerprint density at radius 3 is 2.52 bits per heavy atom. The second-order valence-electron chi connectivity index (χ2n) is 8.56. The second kappa shape index (κ2) is 10.4. The molecule has 2 aliphatic heterocycles. The van der Waals surface area contributed by atoms with E-state index in [1.165, 1.54) is 23.9 Å². The molecule has 176 valence electrons. The van der Waals surface area contributed by atoms with Crippen molar-refractivity contribution in [2.45, 2.75) is 38.5 Å². The van der Waals surface area contributed by atoms with Crippen LogP contribution < -0.4 is 5.32 Å². The fourth-order valence-electron chi connectivity index (χ4n) is 4.63. The number of benzene rings is 1. The molecule has 1 aromatic carbocycles. The molecule has 0 aliphatic carbocycles. The third-order valence-corrected chi connectivity index (χ3v) is 7.25. The number of carbonyl (C=O) groups is 2. The Labute approximate surface area is 197 Å². The van der Waals surface area contributed by atoms with Crippen LogP contribution in [0.1, 0.15) is 23.8 Å². The molecule has 0 bridgehead atoms. The molecule has 2 amide bonds. The molecule has 1 N–H and O–H groups in total. The highest BCUT2D eigenvalue weighted by atomic mass is 32.1. The third-order valence-electron chi connectivity index (χ3n) is 6.39. The van der Waals surface area contributed by atoms with Crippen LogP contribution in [0, 0.1) is 10.1 Å². The van der Waals surface area contributed by atoms with Gasteiger partial charge in [0, 0.05) is 75.8 Å². The average Bonchev–Trinajstić information content (AvgIpc) is 3.49. The first kappa shape index (κ1) is 23.3. The number of thiophene rings is 1. The van der Waals surface area contributed by atoms with Crippen LogP contribution in [0.2, 0.25) is 0 Å². The van der Waals surface area contributed by atoms with E-state index >= 15 is 0 Å². The molecule has 0 saturated carbocycles. The number of amides is 2. The molecule has 2 atom stereocenters. The summed E-state index contributed by atoms with van der Waals surface area (Å²) in [5.74, 6) is -0.0574. The highest BCUT2D eigenvalue weighted by molar-refractivity contribution is 7.09. The summed E-state index contributed by atoms with van der Waals surface area (Å²) in [7, 11) is 0. The summed E-state index contributed by atoms with van der Waals surface area (Å²) in [6, 6.07) is 10.3. The van der Waals surface area contributed by atoms with E-state index in [2.05, 4.69) is 16.3 Å². The Kier molecular flexibility index (Phi) is 7.36. The zero-order valence-electron chi connectivity index (χ0n) is 18.7. The van der Waals surface area contributed by atoms with Crippen LogP contribution in [0.15, 0.2) is 41.8 Å². The number of nitro benzene ring substituents is 1. The predicted molar refractivity (Wildman–Crippen MR) is 126 cm³/mol. The van der Waals surface area contributed by atoms with Gasteiger partial charge in [-0.1, -0.05) is 18.2 Å². The molecular weight excluding hydrogens is 442 g/mol. The smallest absolute Gasteiger partial charge is 0.269 e. The van der Waals surface area contributed by atoms with Gasteiger partial charge in [0.25, 0.3) is 5.69 Å². The van der Waals surface area contributed by atoms with Crippen LogP contribution in [0.25, 0.3) is 0 Å². The lowest BCUT2D eigenvalue weighted by Crippen LogP contribution is -2.53. The van der Waals surface area contributed by atoms with Crippen LogP contribution in [0.3, 0.4) is 0 Å². The number of likely N-dealkylation sites (tertiary alicyclic amines) is 1. The van der Waals surface area contributed by atoms with Crippen LogP contribution in [-0.4, -0.2) is 76.2 Å². The fourth-order valence-corrected chi connectivity index (χ4v) is 5.36. The van der Waals surface area contributed by atoms with E-state index in [1.54, 1.807) is 28.4 Å². The molecule has 2 aliphatic rings. The summed E-state index contributed by atoms with van der Waals surface area (Å²) in [4.78, 5) is 43.4. The summed E-state index contributed by atoms with van der Waals surface area (Å²) in [5, 5.41) is 16.3. The lowest BCUT2D eigenvalue weighted by molar-refractivity contribution is -0.384. The molecule has 10 heteroatoms. The summed E-state index contributed by atoms with van der Waals surface area (Å²) in [6.07, 6.45) is 0.584. The molecule has 0 spiro atoms. The first-order valence-corrected chi connectivity index (χ1v) is 12.1. The van der Waals surface area contributed by atoms with Gasteiger partial charge in [0.15, 0.2) is 0 Å². The van der Waals surface area contributed by atoms with Gasteiger partial charge in [0.05, 0.1) is 4.92 Å². The van der Waals surface area contributed by atoms with Gasteiger partial charge in [0.2, 0.25) is 11.8 Å². The van der Waals surface area contributed by atoms with Crippen molar-refractivity contribution in [3.8, 4) is 0 Å². The van der Waals surface area contributed by atoms with E-state index < -0.39 is 11.0 Å². The van der Waals surface area contributed by atoms with Gasteiger partial charge in [0.1, 0.15) is 6.04 Å². The topological polar surface area (TPSA) is 99.0 Å². The van der Waals surface area contributed by atoms with Crippen molar-refractivity contribution in [1.82, 2.24) is 20.0 Å². The Morgan fingerprint density at radius 1 is 1.18 bits per heavy atom. The maximum absolute atomic E-state index is 13.3. The van der Waals surface area contributed by atoms with Gasteiger partial charge in [-0.2, -0.15) is 0 Å². The molecule has 3 heterocycles. The average molecular weight is 472 g/mol. The Bertz CT molecular complexity index is 975. The van der Waals surface area contributed by atoms with Gasteiger partial charge in [-0.25, -0.2) is 0 Å². The van der Waals surface area contributed by atoms with Gasteiger partial charge < -0.3 is 15.1 Å². The predicted octanol–water partition coefficient (Wildman–Crippen LogP) is 2.08. The fraction of sp³-hybridized carbons (Fsp3) is 0.478. The van der Waals surface area contributed by atoms with E-state index in [0.717, 1.165) is 18.7 Å². The first-order chi connectivity index (χ1) is 15.9. The SMILES string of the molecule is CC(=O)N1CC(N(Cc2ccc([N+](=O)[O-])cc2)Cc2cccs2)CC1C(=O)N1CCNCC1. The first-order valence-electron chi connectivity index (χ1n) is 11.2. The van der Waals surface area contributed by atoms with Crippen LogP contribution >= 0.6 is 11.3 Å². The Hall–Kier alpha value is -2.82. The van der Waals surface area contributed by atoms with E-state index in [0.29, 0.717) is 39.1 Å².